The SMILES string of the molecule is CN=C(NCc1ccc(C(N)=O)cc1)NCc1cccs1. The maximum absolute atomic E-state index is 11.0. The van der Waals surface area contributed by atoms with Crippen LogP contribution in [0.4, 0.5) is 0 Å². The molecule has 0 fully saturated rings. The number of rotatable bonds is 5. The lowest BCUT2D eigenvalue weighted by Gasteiger charge is -2.11. The van der Waals surface area contributed by atoms with Crippen molar-refractivity contribution < 1.29 is 4.79 Å². The van der Waals surface area contributed by atoms with Crippen LogP contribution in [0.25, 0.3) is 0 Å². The summed E-state index contributed by atoms with van der Waals surface area (Å²) in [5, 5.41) is 8.52. The lowest BCUT2D eigenvalue weighted by molar-refractivity contribution is 0.100. The second kappa shape index (κ2) is 7.44. The minimum absolute atomic E-state index is 0.414. The van der Waals surface area contributed by atoms with Gasteiger partial charge < -0.3 is 16.4 Å². The van der Waals surface area contributed by atoms with Gasteiger partial charge in [0.05, 0.1) is 6.54 Å². The summed E-state index contributed by atoms with van der Waals surface area (Å²) in [6.07, 6.45) is 0. The molecule has 110 valence electrons. The molecule has 0 aliphatic heterocycles. The van der Waals surface area contributed by atoms with E-state index >= 15 is 0 Å². The maximum Gasteiger partial charge on any atom is 0.248 e. The number of nitrogens with one attached hydrogen (secondary N) is 2. The molecule has 0 aliphatic carbocycles. The summed E-state index contributed by atoms with van der Waals surface area (Å²) in [6.45, 7) is 1.38. The smallest absolute Gasteiger partial charge is 0.248 e. The third-order valence-electron chi connectivity index (χ3n) is 2.93. The highest BCUT2D eigenvalue weighted by Crippen LogP contribution is 2.07. The van der Waals surface area contributed by atoms with E-state index in [-0.39, 0.29) is 0 Å². The number of hydrogen-bond acceptors (Lipinski definition) is 3. The van der Waals surface area contributed by atoms with Crippen molar-refractivity contribution in [2.75, 3.05) is 7.05 Å². The first-order chi connectivity index (χ1) is 10.2. The van der Waals surface area contributed by atoms with Crippen molar-refractivity contribution in [2.45, 2.75) is 13.1 Å². The predicted octanol–water partition coefficient (Wildman–Crippen LogP) is 1.71. The van der Waals surface area contributed by atoms with Gasteiger partial charge in [0.15, 0.2) is 5.96 Å². The van der Waals surface area contributed by atoms with Crippen LogP contribution in [0, 0.1) is 0 Å². The Kier molecular flexibility index (Phi) is 5.34. The standard InChI is InChI=1S/C15H18N4OS/c1-17-15(19-10-13-3-2-8-21-13)18-9-11-4-6-12(7-5-11)14(16)20/h2-8H,9-10H2,1H3,(H2,16,20)(H2,17,18,19). The maximum atomic E-state index is 11.0. The summed E-state index contributed by atoms with van der Waals surface area (Å²) in [7, 11) is 1.74. The number of hydrogen-bond donors (Lipinski definition) is 3. The average Bonchev–Trinajstić information content (AvgIpc) is 3.01. The van der Waals surface area contributed by atoms with Crippen molar-refractivity contribution in [1.82, 2.24) is 10.6 Å². The molecule has 0 saturated heterocycles. The van der Waals surface area contributed by atoms with E-state index in [4.69, 9.17) is 5.73 Å². The molecule has 0 saturated carbocycles. The van der Waals surface area contributed by atoms with Gasteiger partial charge in [0.1, 0.15) is 0 Å². The number of aliphatic imine (C=N–C) groups is 1. The van der Waals surface area contributed by atoms with Gasteiger partial charge in [-0.3, -0.25) is 9.79 Å². The van der Waals surface area contributed by atoms with Crippen LogP contribution in [-0.2, 0) is 13.1 Å². The Hall–Kier alpha value is -2.34. The molecule has 4 N–H and O–H groups in total. The number of nitrogens with zero attached hydrogens (tertiary/aromatic N) is 1. The quantitative estimate of drug-likeness (QED) is 0.581. The molecular formula is C15H18N4OS. The number of amides is 1. The Morgan fingerprint density at radius 2 is 1.90 bits per heavy atom. The largest absolute Gasteiger partial charge is 0.366 e. The molecule has 1 heterocycles. The number of guanidine groups is 1. The Labute approximate surface area is 127 Å². The van der Waals surface area contributed by atoms with E-state index in [1.165, 1.54) is 4.88 Å². The zero-order valence-electron chi connectivity index (χ0n) is 11.8. The molecular weight excluding hydrogens is 284 g/mol. The van der Waals surface area contributed by atoms with E-state index in [1.54, 1.807) is 30.5 Å². The summed E-state index contributed by atoms with van der Waals surface area (Å²) < 4.78 is 0. The lowest BCUT2D eigenvalue weighted by Crippen LogP contribution is -2.36. The zero-order valence-corrected chi connectivity index (χ0v) is 12.6. The topological polar surface area (TPSA) is 79.5 Å². The normalized spacial score (nSPS) is 11.2. The van der Waals surface area contributed by atoms with E-state index in [0.717, 1.165) is 18.1 Å². The molecule has 6 heteroatoms. The molecule has 1 aromatic carbocycles. The van der Waals surface area contributed by atoms with Crippen LogP contribution in [0.15, 0.2) is 46.8 Å². The number of primary amides is 1. The Balaban J connectivity index is 1.83. The van der Waals surface area contributed by atoms with Crippen LogP contribution in [0.3, 0.4) is 0 Å². The van der Waals surface area contributed by atoms with Crippen molar-refractivity contribution in [1.29, 1.82) is 0 Å². The number of carbonyl (C=O) groups excluding carboxylic acids is 1. The van der Waals surface area contributed by atoms with Crippen LogP contribution in [-0.4, -0.2) is 18.9 Å². The van der Waals surface area contributed by atoms with Crippen molar-refractivity contribution in [3.63, 3.8) is 0 Å². The Morgan fingerprint density at radius 3 is 2.48 bits per heavy atom. The molecule has 21 heavy (non-hydrogen) atoms. The third-order valence-corrected chi connectivity index (χ3v) is 3.81. The summed E-state index contributed by atoms with van der Waals surface area (Å²) in [5.74, 6) is 0.324. The molecule has 0 radical (unpaired) electrons. The Bertz CT molecular complexity index is 605. The monoisotopic (exact) mass is 302 g/mol. The minimum atomic E-state index is -0.414. The highest BCUT2D eigenvalue weighted by Gasteiger charge is 2.02. The molecule has 1 aromatic heterocycles. The van der Waals surface area contributed by atoms with Crippen molar-refractivity contribution in [2.24, 2.45) is 10.7 Å². The molecule has 5 nitrogen and oxygen atoms in total. The first kappa shape index (κ1) is 15.1. The molecule has 0 bridgehead atoms. The van der Waals surface area contributed by atoms with Gasteiger partial charge in [-0.1, -0.05) is 18.2 Å². The van der Waals surface area contributed by atoms with E-state index in [0.29, 0.717) is 12.1 Å². The summed E-state index contributed by atoms with van der Waals surface area (Å²) in [6, 6.07) is 11.3. The van der Waals surface area contributed by atoms with Crippen molar-refractivity contribution in [3.05, 3.63) is 57.8 Å². The fraction of sp³-hybridized carbons (Fsp3) is 0.200. The lowest BCUT2D eigenvalue weighted by atomic mass is 10.1. The van der Waals surface area contributed by atoms with Gasteiger partial charge in [-0.15, -0.1) is 11.3 Å². The average molecular weight is 302 g/mol. The van der Waals surface area contributed by atoms with Crippen LogP contribution in [0.2, 0.25) is 0 Å². The van der Waals surface area contributed by atoms with E-state index < -0.39 is 5.91 Å². The van der Waals surface area contributed by atoms with Crippen LogP contribution >= 0.6 is 11.3 Å². The molecule has 0 spiro atoms. The number of nitrogens with two attached hydrogens (primary N) is 1. The van der Waals surface area contributed by atoms with Gasteiger partial charge in [0.25, 0.3) is 0 Å². The van der Waals surface area contributed by atoms with Gasteiger partial charge in [0, 0.05) is 24.0 Å². The van der Waals surface area contributed by atoms with Gasteiger partial charge in [-0.05, 0) is 29.1 Å². The molecule has 0 unspecified atom stereocenters. The van der Waals surface area contributed by atoms with E-state index in [9.17, 15) is 4.79 Å². The fourth-order valence-corrected chi connectivity index (χ4v) is 2.42. The summed E-state index contributed by atoms with van der Waals surface area (Å²) >= 11 is 1.71. The zero-order chi connectivity index (χ0) is 15.1. The molecule has 2 rings (SSSR count). The van der Waals surface area contributed by atoms with Crippen LogP contribution in [0.1, 0.15) is 20.8 Å². The van der Waals surface area contributed by atoms with Crippen molar-refractivity contribution >= 4 is 23.2 Å². The first-order valence-corrected chi connectivity index (χ1v) is 7.42. The van der Waals surface area contributed by atoms with Gasteiger partial charge in [-0.25, -0.2) is 0 Å². The second-order valence-corrected chi connectivity index (χ2v) is 5.45. The highest BCUT2D eigenvalue weighted by molar-refractivity contribution is 7.09. The molecule has 2 aromatic rings. The van der Waals surface area contributed by atoms with E-state index in [2.05, 4.69) is 21.7 Å². The van der Waals surface area contributed by atoms with Crippen LogP contribution in [0.5, 0.6) is 0 Å². The first-order valence-electron chi connectivity index (χ1n) is 6.54. The van der Waals surface area contributed by atoms with Crippen LogP contribution < -0.4 is 16.4 Å². The number of benzene rings is 1. The molecule has 1 amide bonds. The summed E-state index contributed by atoms with van der Waals surface area (Å²) in [4.78, 5) is 16.4. The summed E-state index contributed by atoms with van der Waals surface area (Å²) in [5.41, 5.74) is 6.78. The number of carbonyl (C=O) groups is 1. The van der Waals surface area contributed by atoms with Gasteiger partial charge in [0.2, 0.25) is 5.91 Å². The van der Waals surface area contributed by atoms with Crippen molar-refractivity contribution in [3.8, 4) is 0 Å². The number of thiophene rings is 1. The van der Waals surface area contributed by atoms with Gasteiger partial charge >= 0.3 is 0 Å². The minimum Gasteiger partial charge on any atom is -0.366 e. The van der Waals surface area contributed by atoms with Gasteiger partial charge in [-0.2, -0.15) is 0 Å². The molecule has 0 aliphatic rings. The predicted molar refractivity (Wildman–Crippen MR) is 86.3 cm³/mol. The fourth-order valence-electron chi connectivity index (χ4n) is 1.78. The Morgan fingerprint density at radius 1 is 1.19 bits per heavy atom. The van der Waals surface area contributed by atoms with E-state index in [1.807, 2.05) is 23.6 Å². The highest BCUT2D eigenvalue weighted by atomic mass is 32.1. The second-order valence-electron chi connectivity index (χ2n) is 4.42. The molecule has 0 atom stereocenters. The third kappa shape index (κ3) is 4.61.